The Hall–Kier alpha value is -2.18. The van der Waals surface area contributed by atoms with E-state index in [4.69, 9.17) is 28.6 Å². The number of methoxy groups -OCH3 is 1. The van der Waals surface area contributed by atoms with Crippen LogP contribution in [0.3, 0.4) is 0 Å². The van der Waals surface area contributed by atoms with Crippen LogP contribution < -0.4 is 10.1 Å². The number of ether oxygens (including phenoxy) is 1. The van der Waals surface area contributed by atoms with Crippen molar-refractivity contribution < 1.29 is 9.66 Å². The molecule has 2 rings (SSSR count). The maximum atomic E-state index is 10.6. The molecule has 0 aliphatic heterocycles. The summed E-state index contributed by atoms with van der Waals surface area (Å²) in [6, 6.07) is 11.1. The van der Waals surface area contributed by atoms with E-state index in [9.17, 15) is 10.1 Å². The van der Waals surface area contributed by atoms with Crippen molar-refractivity contribution in [3.8, 4) is 5.75 Å². The summed E-state index contributed by atoms with van der Waals surface area (Å²) in [6.07, 6.45) is 0. The molecule has 0 atom stereocenters. The topological polar surface area (TPSA) is 64.4 Å². The molecule has 0 heterocycles. The molecular weight excluding hydrogens is 312 g/mol. The van der Waals surface area contributed by atoms with Crippen LogP contribution in [0.1, 0.15) is 5.56 Å². The number of hydrogen-bond acceptors (Lipinski definition) is 4. The lowest BCUT2D eigenvalue weighted by molar-refractivity contribution is -0.384. The molecule has 7 heteroatoms. The van der Waals surface area contributed by atoms with Crippen molar-refractivity contribution in [1.29, 1.82) is 0 Å². The Bertz CT molecular complexity index is 689. The Morgan fingerprint density at radius 3 is 2.52 bits per heavy atom. The summed E-state index contributed by atoms with van der Waals surface area (Å²) in [7, 11) is 1.54. The third-order valence-electron chi connectivity index (χ3n) is 2.74. The standard InChI is InChI=1S/C14H11ClN2O3S/c1-20-13-7-2-9(15)8-12(13)14(21)16-10-3-5-11(6-4-10)17(18)19/h2-8H,1H3,(H,16,21). The molecule has 2 aromatic rings. The van der Waals surface area contributed by atoms with E-state index in [1.807, 2.05) is 0 Å². The lowest BCUT2D eigenvalue weighted by Crippen LogP contribution is -2.11. The van der Waals surface area contributed by atoms with Gasteiger partial charge in [0.2, 0.25) is 0 Å². The van der Waals surface area contributed by atoms with Gasteiger partial charge in [0.15, 0.2) is 0 Å². The average molecular weight is 323 g/mol. The van der Waals surface area contributed by atoms with Gasteiger partial charge in [-0.15, -0.1) is 0 Å². The van der Waals surface area contributed by atoms with Gasteiger partial charge >= 0.3 is 0 Å². The molecule has 0 fully saturated rings. The van der Waals surface area contributed by atoms with Crippen LogP contribution >= 0.6 is 23.8 Å². The highest BCUT2D eigenvalue weighted by atomic mass is 35.5. The number of rotatable bonds is 4. The van der Waals surface area contributed by atoms with Gasteiger partial charge in [-0.3, -0.25) is 10.1 Å². The van der Waals surface area contributed by atoms with Gasteiger partial charge < -0.3 is 10.1 Å². The van der Waals surface area contributed by atoms with E-state index in [0.29, 0.717) is 27.0 Å². The van der Waals surface area contributed by atoms with Gasteiger partial charge in [-0.1, -0.05) is 23.8 Å². The fraction of sp³-hybridized carbons (Fsp3) is 0.0714. The van der Waals surface area contributed by atoms with Crippen LogP contribution in [0.25, 0.3) is 0 Å². The van der Waals surface area contributed by atoms with Crippen molar-refractivity contribution in [1.82, 2.24) is 0 Å². The number of anilines is 1. The first-order valence-corrected chi connectivity index (χ1v) is 6.69. The maximum absolute atomic E-state index is 10.6. The predicted octanol–water partition coefficient (Wildman–Crippen LogP) is 4.04. The third-order valence-corrected chi connectivity index (χ3v) is 3.30. The first-order valence-electron chi connectivity index (χ1n) is 5.90. The summed E-state index contributed by atoms with van der Waals surface area (Å²) in [4.78, 5) is 10.6. The van der Waals surface area contributed by atoms with Crippen LogP contribution in [0, 0.1) is 10.1 Å². The molecule has 0 amide bonds. The van der Waals surface area contributed by atoms with E-state index in [0.717, 1.165) is 0 Å². The van der Waals surface area contributed by atoms with E-state index in [2.05, 4.69) is 5.32 Å². The quantitative estimate of drug-likeness (QED) is 0.523. The molecule has 0 radical (unpaired) electrons. The molecule has 0 aliphatic rings. The fourth-order valence-electron chi connectivity index (χ4n) is 1.72. The molecule has 0 saturated carbocycles. The molecule has 0 saturated heterocycles. The van der Waals surface area contributed by atoms with Crippen LogP contribution in [-0.4, -0.2) is 17.0 Å². The minimum Gasteiger partial charge on any atom is -0.496 e. The minimum absolute atomic E-state index is 0.0202. The predicted molar refractivity (Wildman–Crippen MR) is 86.4 cm³/mol. The van der Waals surface area contributed by atoms with E-state index < -0.39 is 4.92 Å². The number of hydrogen-bond donors (Lipinski definition) is 1. The van der Waals surface area contributed by atoms with E-state index in [1.54, 1.807) is 37.4 Å². The largest absolute Gasteiger partial charge is 0.496 e. The lowest BCUT2D eigenvalue weighted by Gasteiger charge is -2.12. The Kier molecular flexibility index (Phi) is 4.72. The van der Waals surface area contributed by atoms with E-state index in [1.165, 1.54) is 12.1 Å². The molecule has 0 bridgehead atoms. The number of non-ortho nitro benzene ring substituents is 1. The highest BCUT2D eigenvalue weighted by Crippen LogP contribution is 2.24. The first-order chi connectivity index (χ1) is 10.0. The van der Waals surface area contributed by atoms with Crippen molar-refractivity contribution in [3.63, 3.8) is 0 Å². The summed E-state index contributed by atoms with van der Waals surface area (Å²) < 4.78 is 5.23. The zero-order chi connectivity index (χ0) is 15.4. The first kappa shape index (κ1) is 15.2. The summed E-state index contributed by atoms with van der Waals surface area (Å²) in [6.45, 7) is 0. The molecule has 5 nitrogen and oxygen atoms in total. The molecule has 2 aromatic carbocycles. The molecule has 0 spiro atoms. The highest BCUT2D eigenvalue weighted by molar-refractivity contribution is 7.81. The Morgan fingerprint density at radius 1 is 1.29 bits per heavy atom. The lowest BCUT2D eigenvalue weighted by atomic mass is 10.2. The maximum Gasteiger partial charge on any atom is 0.269 e. The van der Waals surface area contributed by atoms with Gasteiger partial charge in [0.1, 0.15) is 10.7 Å². The number of benzene rings is 2. The van der Waals surface area contributed by atoms with Gasteiger partial charge in [-0.25, -0.2) is 0 Å². The van der Waals surface area contributed by atoms with Crippen LogP contribution in [-0.2, 0) is 0 Å². The van der Waals surface area contributed by atoms with Gasteiger partial charge in [-0.05, 0) is 30.3 Å². The SMILES string of the molecule is COc1ccc(Cl)cc1C(=S)Nc1ccc([N+](=O)[O-])cc1. The number of halogens is 1. The third kappa shape index (κ3) is 3.68. The monoisotopic (exact) mass is 322 g/mol. The second-order valence-corrected chi connectivity index (χ2v) is 4.95. The van der Waals surface area contributed by atoms with E-state index >= 15 is 0 Å². The minimum atomic E-state index is -0.456. The van der Waals surface area contributed by atoms with Gasteiger partial charge in [0, 0.05) is 22.8 Å². The normalized spacial score (nSPS) is 10.0. The molecule has 1 N–H and O–H groups in total. The van der Waals surface area contributed by atoms with Crippen LogP contribution in [0.5, 0.6) is 5.75 Å². The number of nitrogens with zero attached hydrogens (tertiary/aromatic N) is 1. The molecule has 0 aliphatic carbocycles. The number of nitro groups is 1. The van der Waals surface area contributed by atoms with Gasteiger partial charge in [0.05, 0.1) is 17.6 Å². The smallest absolute Gasteiger partial charge is 0.269 e. The number of nitro benzene ring substituents is 1. The average Bonchev–Trinajstić information content (AvgIpc) is 2.47. The Morgan fingerprint density at radius 2 is 1.95 bits per heavy atom. The second-order valence-electron chi connectivity index (χ2n) is 4.10. The van der Waals surface area contributed by atoms with Crippen LogP contribution in [0.4, 0.5) is 11.4 Å². The van der Waals surface area contributed by atoms with Gasteiger partial charge in [-0.2, -0.15) is 0 Å². The Labute approximate surface area is 131 Å². The molecular formula is C14H11ClN2O3S. The zero-order valence-electron chi connectivity index (χ0n) is 11.0. The molecule has 108 valence electrons. The summed E-state index contributed by atoms with van der Waals surface area (Å²) >= 11 is 11.3. The van der Waals surface area contributed by atoms with Crippen molar-refractivity contribution >= 4 is 40.2 Å². The van der Waals surface area contributed by atoms with Crippen LogP contribution in [0.15, 0.2) is 42.5 Å². The summed E-state index contributed by atoms with van der Waals surface area (Å²) in [5, 5.41) is 14.1. The highest BCUT2D eigenvalue weighted by Gasteiger charge is 2.10. The summed E-state index contributed by atoms with van der Waals surface area (Å²) in [5.41, 5.74) is 1.32. The molecule has 21 heavy (non-hydrogen) atoms. The van der Waals surface area contributed by atoms with Crippen molar-refractivity contribution in [3.05, 3.63) is 63.2 Å². The van der Waals surface area contributed by atoms with Crippen molar-refractivity contribution in [2.45, 2.75) is 0 Å². The molecule has 0 unspecified atom stereocenters. The molecule has 0 aromatic heterocycles. The van der Waals surface area contributed by atoms with Crippen molar-refractivity contribution in [2.24, 2.45) is 0 Å². The van der Waals surface area contributed by atoms with E-state index in [-0.39, 0.29) is 5.69 Å². The van der Waals surface area contributed by atoms with Gasteiger partial charge in [0.25, 0.3) is 5.69 Å². The Balaban J connectivity index is 2.21. The second kappa shape index (κ2) is 6.51. The van der Waals surface area contributed by atoms with Crippen LogP contribution in [0.2, 0.25) is 5.02 Å². The zero-order valence-corrected chi connectivity index (χ0v) is 12.6. The van der Waals surface area contributed by atoms with Crippen molar-refractivity contribution in [2.75, 3.05) is 12.4 Å². The fourth-order valence-corrected chi connectivity index (χ4v) is 2.17. The number of nitrogens with one attached hydrogen (secondary N) is 1. The number of thiocarbonyl (C=S) groups is 1. The summed E-state index contributed by atoms with van der Waals surface area (Å²) in [5.74, 6) is 0.596.